The number of aryl methyl sites for hydroxylation is 2. The van der Waals surface area contributed by atoms with Gasteiger partial charge in [0.1, 0.15) is 0 Å². The van der Waals surface area contributed by atoms with Gasteiger partial charge in [0.15, 0.2) is 0 Å². The minimum atomic E-state index is -0.345. The summed E-state index contributed by atoms with van der Waals surface area (Å²) < 4.78 is 5.55. The molecule has 2 heterocycles. The molecule has 6 nitrogen and oxygen atoms in total. The molecule has 27 heavy (non-hydrogen) atoms. The number of ether oxygens (including phenoxy) is 1. The number of rotatable bonds is 6. The van der Waals surface area contributed by atoms with Crippen LogP contribution in [0, 0.1) is 13.8 Å². The maximum absolute atomic E-state index is 12.5. The molecule has 0 radical (unpaired) electrons. The Bertz CT molecular complexity index is 813. The van der Waals surface area contributed by atoms with E-state index in [2.05, 4.69) is 27.4 Å². The molecular weight excluding hydrogens is 342 g/mol. The van der Waals surface area contributed by atoms with E-state index in [1.807, 2.05) is 32.0 Å². The SMILES string of the molecule is Cc1nc(=O)[nH]c(C)c1CCC(=O)NCC1(c2ccccc2)CCOCC1. The van der Waals surface area contributed by atoms with Crippen LogP contribution < -0.4 is 11.0 Å². The molecule has 0 aliphatic carbocycles. The van der Waals surface area contributed by atoms with Gasteiger partial charge in [0.05, 0.1) is 0 Å². The van der Waals surface area contributed by atoms with Crippen LogP contribution in [0.1, 0.15) is 41.8 Å². The van der Waals surface area contributed by atoms with E-state index >= 15 is 0 Å². The van der Waals surface area contributed by atoms with Gasteiger partial charge >= 0.3 is 5.69 Å². The first-order valence-corrected chi connectivity index (χ1v) is 9.46. The van der Waals surface area contributed by atoms with Gasteiger partial charge < -0.3 is 15.0 Å². The van der Waals surface area contributed by atoms with Gasteiger partial charge in [-0.15, -0.1) is 0 Å². The van der Waals surface area contributed by atoms with E-state index in [0.29, 0.717) is 38.3 Å². The van der Waals surface area contributed by atoms with Crippen molar-refractivity contribution >= 4 is 5.91 Å². The van der Waals surface area contributed by atoms with Crippen LogP contribution in [0.3, 0.4) is 0 Å². The van der Waals surface area contributed by atoms with E-state index in [1.165, 1.54) is 5.56 Å². The number of aromatic amines is 1. The van der Waals surface area contributed by atoms with Gasteiger partial charge in [0.25, 0.3) is 0 Å². The Hall–Kier alpha value is -2.47. The molecule has 1 aromatic heterocycles. The van der Waals surface area contributed by atoms with E-state index in [-0.39, 0.29) is 17.0 Å². The zero-order valence-electron chi connectivity index (χ0n) is 16.0. The number of nitrogens with one attached hydrogen (secondary N) is 2. The molecule has 0 saturated carbocycles. The number of benzene rings is 1. The van der Waals surface area contributed by atoms with Crippen molar-refractivity contribution < 1.29 is 9.53 Å². The third-order valence-electron chi connectivity index (χ3n) is 5.52. The van der Waals surface area contributed by atoms with Crippen molar-refractivity contribution in [2.24, 2.45) is 0 Å². The fourth-order valence-corrected chi connectivity index (χ4v) is 3.84. The molecular formula is C21H27N3O3. The van der Waals surface area contributed by atoms with Gasteiger partial charge in [-0.05, 0) is 44.2 Å². The highest BCUT2D eigenvalue weighted by Crippen LogP contribution is 2.34. The zero-order valence-corrected chi connectivity index (χ0v) is 16.0. The number of aromatic nitrogens is 2. The first-order chi connectivity index (χ1) is 13.0. The molecule has 3 rings (SSSR count). The number of amides is 1. The van der Waals surface area contributed by atoms with Crippen LogP contribution in [0.25, 0.3) is 0 Å². The average molecular weight is 369 g/mol. The minimum absolute atomic E-state index is 0.0156. The predicted octanol–water partition coefficient (Wildman–Crippen LogP) is 2.18. The smallest absolute Gasteiger partial charge is 0.345 e. The molecule has 1 aromatic carbocycles. The summed E-state index contributed by atoms with van der Waals surface area (Å²) >= 11 is 0. The van der Waals surface area contributed by atoms with Crippen molar-refractivity contribution in [3.8, 4) is 0 Å². The molecule has 1 aliphatic heterocycles. The fourth-order valence-electron chi connectivity index (χ4n) is 3.84. The number of hydrogen-bond acceptors (Lipinski definition) is 4. The topological polar surface area (TPSA) is 84.1 Å². The second kappa shape index (κ2) is 8.48. The zero-order chi connectivity index (χ0) is 19.3. The lowest BCUT2D eigenvalue weighted by Gasteiger charge is -2.38. The summed E-state index contributed by atoms with van der Waals surface area (Å²) in [5, 5.41) is 3.13. The highest BCUT2D eigenvalue weighted by Gasteiger charge is 2.34. The van der Waals surface area contributed by atoms with E-state index in [1.54, 1.807) is 0 Å². The van der Waals surface area contributed by atoms with Gasteiger partial charge in [0, 0.05) is 43.0 Å². The number of hydrogen-bond donors (Lipinski definition) is 2. The second-order valence-corrected chi connectivity index (χ2v) is 7.27. The molecule has 144 valence electrons. The second-order valence-electron chi connectivity index (χ2n) is 7.27. The van der Waals surface area contributed by atoms with Crippen molar-refractivity contribution in [2.45, 2.75) is 44.9 Å². The van der Waals surface area contributed by atoms with Crippen LogP contribution in [0.2, 0.25) is 0 Å². The molecule has 0 spiro atoms. The largest absolute Gasteiger partial charge is 0.381 e. The highest BCUT2D eigenvalue weighted by molar-refractivity contribution is 5.76. The van der Waals surface area contributed by atoms with E-state index in [0.717, 1.165) is 24.1 Å². The Morgan fingerprint density at radius 3 is 2.59 bits per heavy atom. The lowest BCUT2D eigenvalue weighted by molar-refractivity contribution is -0.121. The van der Waals surface area contributed by atoms with Crippen LogP contribution in [0.15, 0.2) is 35.1 Å². The lowest BCUT2D eigenvalue weighted by Crippen LogP contribution is -2.44. The third-order valence-corrected chi connectivity index (χ3v) is 5.52. The third kappa shape index (κ3) is 4.63. The van der Waals surface area contributed by atoms with E-state index in [4.69, 9.17) is 4.74 Å². The van der Waals surface area contributed by atoms with Crippen molar-refractivity contribution in [1.29, 1.82) is 0 Å². The van der Waals surface area contributed by atoms with Crippen LogP contribution >= 0.6 is 0 Å². The monoisotopic (exact) mass is 369 g/mol. The van der Waals surface area contributed by atoms with Gasteiger partial charge in [-0.2, -0.15) is 4.98 Å². The summed E-state index contributed by atoms with van der Waals surface area (Å²) in [4.78, 5) is 30.5. The molecule has 0 unspecified atom stereocenters. The van der Waals surface area contributed by atoms with Crippen molar-refractivity contribution in [3.63, 3.8) is 0 Å². The number of carbonyl (C=O) groups excluding carboxylic acids is 1. The summed E-state index contributed by atoms with van der Waals surface area (Å²) in [5.74, 6) is 0.0156. The summed E-state index contributed by atoms with van der Waals surface area (Å²) in [6.07, 6.45) is 2.74. The molecule has 0 atom stereocenters. The molecule has 2 N–H and O–H groups in total. The molecule has 2 aromatic rings. The molecule has 1 saturated heterocycles. The fraction of sp³-hybridized carbons (Fsp3) is 0.476. The highest BCUT2D eigenvalue weighted by atomic mass is 16.5. The van der Waals surface area contributed by atoms with Crippen LogP contribution in [0.5, 0.6) is 0 Å². The summed E-state index contributed by atoms with van der Waals surface area (Å²) in [7, 11) is 0. The van der Waals surface area contributed by atoms with Crippen LogP contribution in [-0.4, -0.2) is 35.6 Å². The Labute approximate surface area is 159 Å². The Morgan fingerprint density at radius 1 is 1.22 bits per heavy atom. The lowest BCUT2D eigenvalue weighted by atomic mass is 9.74. The summed E-state index contributed by atoms with van der Waals surface area (Å²) in [6, 6.07) is 10.4. The molecule has 0 bridgehead atoms. The standard InChI is InChI=1S/C21H27N3O3/c1-15-18(16(2)24-20(26)23-15)8-9-19(25)22-14-21(10-12-27-13-11-21)17-6-4-3-5-7-17/h3-7H,8-14H2,1-2H3,(H,22,25)(H,23,24,26). The number of nitrogens with zero attached hydrogens (tertiary/aromatic N) is 1. The predicted molar refractivity (Wildman–Crippen MR) is 104 cm³/mol. The summed E-state index contributed by atoms with van der Waals surface area (Å²) in [5.41, 5.74) is 3.25. The first-order valence-electron chi connectivity index (χ1n) is 9.46. The first kappa shape index (κ1) is 19.3. The van der Waals surface area contributed by atoms with Crippen molar-refractivity contribution in [3.05, 3.63) is 63.3 Å². The normalized spacial score (nSPS) is 16.1. The van der Waals surface area contributed by atoms with Crippen molar-refractivity contribution in [1.82, 2.24) is 15.3 Å². The molecule has 1 aliphatic rings. The number of H-pyrrole nitrogens is 1. The van der Waals surface area contributed by atoms with E-state index < -0.39 is 0 Å². The van der Waals surface area contributed by atoms with Crippen LogP contribution in [-0.2, 0) is 21.4 Å². The number of carbonyl (C=O) groups is 1. The van der Waals surface area contributed by atoms with Crippen LogP contribution in [0.4, 0.5) is 0 Å². The average Bonchev–Trinajstić information content (AvgIpc) is 2.67. The van der Waals surface area contributed by atoms with Gasteiger partial charge in [-0.3, -0.25) is 4.79 Å². The minimum Gasteiger partial charge on any atom is -0.381 e. The summed E-state index contributed by atoms with van der Waals surface area (Å²) in [6.45, 7) is 5.69. The Balaban J connectivity index is 1.63. The van der Waals surface area contributed by atoms with Gasteiger partial charge in [-0.1, -0.05) is 30.3 Å². The quantitative estimate of drug-likeness (QED) is 0.817. The van der Waals surface area contributed by atoms with E-state index in [9.17, 15) is 9.59 Å². The van der Waals surface area contributed by atoms with Gasteiger partial charge in [-0.25, -0.2) is 4.79 Å². The molecule has 1 fully saturated rings. The maximum Gasteiger partial charge on any atom is 0.345 e. The van der Waals surface area contributed by atoms with Crippen molar-refractivity contribution in [2.75, 3.05) is 19.8 Å². The Kier molecular flexibility index (Phi) is 6.06. The molecule has 1 amide bonds. The van der Waals surface area contributed by atoms with Gasteiger partial charge in [0.2, 0.25) is 5.91 Å². The Morgan fingerprint density at radius 2 is 1.93 bits per heavy atom. The molecule has 6 heteroatoms. The maximum atomic E-state index is 12.5.